The third kappa shape index (κ3) is 5.35. The van der Waals surface area contributed by atoms with Crippen LogP contribution in [0.4, 0.5) is 0 Å². The van der Waals surface area contributed by atoms with Gasteiger partial charge in [-0.3, -0.25) is 19.1 Å². The fraction of sp³-hybridized carbons (Fsp3) is 0.296. The van der Waals surface area contributed by atoms with Crippen LogP contribution in [0.1, 0.15) is 17.2 Å². The van der Waals surface area contributed by atoms with Gasteiger partial charge in [-0.15, -0.1) is 11.3 Å². The first kappa shape index (κ1) is 23.4. The van der Waals surface area contributed by atoms with E-state index in [1.54, 1.807) is 0 Å². The quantitative estimate of drug-likeness (QED) is 0.430. The summed E-state index contributed by atoms with van der Waals surface area (Å²) in [7, 11) is 0. The van der Waals surface area contributed by atoms with E-state index < -0.39 is 0 Å². The minimum Gasteiger partial charge on any atom is -0.379 e. The maximum atomic E-state index is 13.4. The smallest absolute Gasteiger partial charge is 0.263 e. The molecule has 0 saturated carbocycles. The van der Waals surface area contributed by atoms with Crippen molar-refractivity contribution in [1.82, 2.24) is 19.8 Å². The maximum Gasteiger partial charge on any atom is 0.263 e. The summed E-state index contributed by atoms with van der Waals surface area (Å²) in [5.74, 6) is -0.220. The van der Waals surface area contributed by atoms with Crippen molar-refractivity contribution in [2.24, 2.45) is 0 Å². The summed E-state index contributed by atoms with van der Waals surface area (Å²) in [5.41, 5.74) is 3.81. The van der Waals surface area contributed by atoms with Crippen molar-refractivity contribution in [1.29, 1.82) is 0 Å². The number of thiophene rings is 1. The minimum absolute atomic E-state index is 0.0859. The molecular formula is C27H28N4O3S. The lowest BCUT2D eigenvalue weighted by molar-refractivity contribution is -0.122. The van der Waals surface area contributed by atoms with Crippen LogP contribution >= 0.6 is 11.3 Å². The first-order chi connectivity index (χ1) is 17.1. The molecule has 1 N–H and O–H groups in total. The Bertz CT molecular complexity index is 1360. The van der Waals surface area contributed by atoms with Gasteiger partial charge in [-0.1, -0.05) is 60.2 Å². The van der Waals surface area contributed by atoms with Crippen molar-refractivity contribution in [2.75, 3.05) is 32.8 Å². The van der Waals surface area contributed by atoms with Gasteiger partial charge < -0.3 is 10.1 Å². The highest BCUT2D eigenvalue weighted by Gasteiger charge is 2.21. The second kappa shape index (κ2) is 10.5. The Kier molecular flexibility index (Phi) is 7.03. The molecule has 5 rings (SSSR count). The Balaban J connectivity index is 1.38. The molecule has 1 aliphatic heterocycles. The van der Waals surface area contributed by atoms with Gasteiger partial charge in [0, 0.05) is 30.6 Å². The standard InChI is InChI=1S/C27H28N4O3S/c1-19-7-9-20(10-8-19)22-17-35-26-25(22)27(33)31(18-28-26)16-24(32)29-23(21-5-3-2-4-6-21)15-30-11-13-34-14-12-30/h2-10,17-18,23H,11-16H2,1H3,(H,29,32)/t23-/m1/s1. The Morgan fingerprint density at radius 2 is 1.86 bits per heavy atom. The molecule has 2 aromatic carbocycles. The zero-order valence-electron chi connectivity index (χ0n) is 19.6. The highest BCUT2D eigenvalue weighted by molar-refractivity contribution is 7.17. The number of ether oxygens (including phenoxy) is 1. The summed E-state index contributed by atoms with van der Waals surface area (Å²) in [5, 5.41) is 5.66. The molecule has 0 bridgehead atoms. The number of hydrogen-bond donors (Lipinski definition) is 1. The maximum absolute atomic E-state index is 13.4. The van der Waals surface area contributed by atoms with Crippen molar-refractivity contribution in [3.05, 3.63) is 87.8 Å². The monoisotopic (exact) mass is 488 g/mol. The number of aryl methyl sites for hydroxylation is 1. The van der Waals surface area contributed by atoms with E-state index in [2.05, 4.69) is 15.2 Å². The average molecular weight is 489 g/mol. The highest BCUT2D eigenvalue weighted by atomic mass is 32.1. The normalized spacial score (nSPS) is 15.2. The molecular weight excluding hydrogens is 460 g/mol. The third-order valence-electron chi connectivity index (χ3n) is 6.32. The number of nitrogens with zero attached hydrogens (tertiary/aromatic N) is 3. The van der Waals surface area contributed by atoms with Crippen LogP contribution in [0.15, 0.2) is 71.1 Å². The fourth-order valence-electron chi connectivity index (χ4n) is 4.38. The first-order valence-electron chi connectivity index (χ1n) is 11.8. The number of rotatable bonds is 7. The predicted octanol–water partition coefficient (Wildman–Crippen LogP) is 3.62. The molecule has 4 aromatic rings. The summed E-state index contributed by atoms with van der Waals surface area (Å²) >= 11 is 1.44. The number of carbonyl (C=O) groups is 1. The summed E-state index contributed by atoms with van der Waals surface area (Å²) < 4.78 is 6.86. The molecule has 0 spiro atoms. The number of amides is 1. The van der Waals surface area contributed by atoms with Gasteiger partial charge >= 0.3 is 0 Å². The van der Waals surface area contributed by atoms with E-state index in [-0.39, 0.29) is 24.1 Å². The van der Waals surface area contributed by atoms with Crippen molar-refractivity contribution in [3.8, 4) is 11.1 Å². The molecule has 180 valence electrons. The minimum atomic E-state index is -0.220. The molecule has 1 amide bonds. The molecule has 1 atom stereocenters. The highest BCUT2D eigenvalue weighted by Crippen LogP contribution is 2.30. The first-order valence-corrected chi connectivity index (χ1v) is 12.6. The van der Waals surface area contributed by atoms with E-state index in [4.69, 9.17) is 4.74 Å². The number of fused-ring (bicyclic) bond motifs is 1. The van der Waals surface area contributed by atoms with E-state index in [1.165, 1.54) is 22.2 Å². The molecule has 1 fully saturated rings. The number of carbonyl (C=O) groups excluding carboxylic acids is 1. The van der Waals surface area contributed by atoms with Crippen LogP contribution in [-0.2, 0) is 16.1 Å². The summed E-state index contributed by atoms with van der Waals surface area (Å²) in [6.45, 7) is 5.69. The van der Waals surface area contributed by atoms with Gasteiger partial charge in [0.15, 0.2) is 0 Å². The number of aromatic nitrogens is 2. The Morgan fingerprint density at radius 3 is 2.60 bits per heavy atom. The summed E-state index contributed by atoms with van der Waals surface area (Å²) in [6, 6.07) is 17.8. The van der Waals surface area contributed by atoms with Crippen molar-refractivity contribution >= 4 is 27.5 Å². The van der Waals surface area contributed by atoms with E-state index in [0.29, 0.717) is 30.0 Å². The van der Waals surface area contributed by atoms with Crippen LogP contribution in [0.5, 0.6) is 0 Å². The number of hydrogen-bond acceptors (Lipinski definition) is 6. The lowest BCUT2D eigenvalue weighted by Crippen LogP contribution is -2.44. The van der Waals surface area contributed by atoms with E-state index in [9.17, 15) is 9.59 Å². The number of benzene rings is 2. The molecule has 0 unspecified atom stereocenters. The molecule has 35 heavy (non-hydrogen) atoms. The average Bonchev–Trinajstić information content (AvgIpc) is 3.32. The number of morpholine rings is 1. The fourth-order valence-corrected chi connectivity index (χ4v) is 5.29. The van der Waals surface area contributed by atoms with Crippen LogP contribution < -0.4 is 10.9 Å². The Labute approximate surface area is 208 Å². The summed E-state index contributed by atoms with van der Waals surface area (Å²) in [4.78, 5) is 33.9. The molecule has 8 heteroatoms. The lowest BCUT2D eigenvalue weighted by atomic mass is 10.1. The van der Waals surface area contributed by atoms with E-state index in [1.807, 2.05) is 66.9 Å². The molecule has 0 radical (unpaired) electrons. The van der Waals surface area contributed by atoms with Crippen molar-refractivity contribution in [3.63, 3.8) is 0 Å². The van der Waals surface area contributed by atoms with Crippen LogP contribution in [0.25, 0.3) is 21.3 Å². The van der Waals surface area contributed by atoms with E-state index in [0.717, 1.165) is 35.3 Å². The number of nitrogens with one attached hydrogen (secondary N) is 1. The van der Waals surface area contributed by atoms with Gasteiger partial charge in [0.25, 0.3) is 5.56 Å². The van der Waals surface area contributed by atoms with Crippen LogP contribution in [0, 0.1) is 6.92 Å². The molecule has 0 aliphatic carbocycles. The van der Waals surface area contributed by atoms with Gasteiger partial charge in [-0.2, -0.15) is 0 Å². The molecule has 3 heterocycles. The van der Waals surface area contributed by atoms with Crippen molar-refractivity contribution < 1.29 is 9.53 Å². The molecule has 7 nitrogen and oxygen atoms in total. The molecule has 1 aliphatic rings. The predicted molar refractivity (Wildman–Crippen MR) is 139 cm³/mol. The van der Waals surface area contributed by atoms with Crippen LogP contribution in [-0.4, -0.2) is 53.2 Å². The Hall–Kier alpha value is -3.33. The van der Waals surface area contributed by atoms with Crippen LogP contribution in [0.3, 0.4) is 0 Å². The largest absolute Gasteiger partial charge is 0.379 e. The third-order valence-corrected chi connectivity index (χ3v) is 7.21. The van der Waals surface area contributed by atoms with Gasteiger partial charge in [-0.05, 0) is 18.1 Å². The SMILES string of the molecule is Cc1ccc(-c2csc3ncn(CC(=O)N[C@H](CN4CCOCC4)c4ccccc4)c(=O)c23)cc1. The van der Waals surface area contributed by atoms with Gasteiger partial charge in [0.05, 0.1) is 31.0 Å². The van der Waals surface area contributed by atoms with Crippen molar-refractivity contribution in [2.45, 2.75) is 19.5 Å². The van der Waals surface area contributed by atoms with Gasteiger partial charge in [-0.25, -0.2) is 4.98 Å². The molecule has 2 aromatic heterocycles. The second-order valence-corrected chi connectivity index (χ2v) is 9.68. The zero-order chi connectivity index (χ0) is 24.2. The van der Waals surface area contributed by atoms with E-state index >= 15 is 0 Å². The topological polar surface area (TPSA) is 76.5 Å². The molecule has 1 saturated heterocycles. The van der Waals surface area contributed by atoms with Gasteiger partial charge in [0.2, 0.25) is 5.91 Å². The van der Waals surface area contributed by atoms with Crippen LogP contribution in [0.2, 0.25) is 0 Å². The summed E-state index contributed by atoms with van der Waals surface area (Å²) in [6.07, 6.45) is 1.47. The van der Waals surface area contributed by atoms with Gasteiger partial charge in [0.1, 0.15) is 11.4 Å². The Morgan fingerprint density at radius 1 is 1.11 bits per heavy atom. The lowest BCUT2D eigenvalue weighted by Gasteiger charge is -2.31. The second-order valence-electron chi connectivity index (χ2n) is 8.82. The zero-order valence-corrected chi connectivity index (χ0v) is 20.5.